The van der Waals surface area contributed by atoms with Crippen molar-refractivity contribution in [1.29, 1.82) is 0 Å². The molecule has 110 valence electrons. The molecule has 0 aliphatic heterocycles. The lowest BCUT2D eigenvalue weighted by atomic mass is 10.3. The van der Waals surface area contributed by atoms with Crippen LogP contribution in [0.25, 0.3) is 0 Å². The van der Waals surface area contributed by atoms with Crippen LogP contribution in [-0.4, -0.2) is 20.4 Å². The van der Waals surface area contributed by atoms with E-state index in [1.54, 1.807) is 17.4 Å². The number of aryl methyl sites for hydroxylation is 2. The number of thiophene rings is 1. The summed E-state index contributed by atoms with van der Waals surface area (Å²) >= 11 is 1.62. The first kappa shape index (κ1) is 15.2. The summed E-state index contributed by atoms with van der Waals surface area (Å²) in [5.41, 5.74) is 2.04. The van der Waals surface area contributed by atoms with Gasteiger partial charge in [0.15, 0.2) is 0 Å². The van der Waals surface area contributed by atoms with Gasteiger partial charge in [-0.3, -0.25) is 0 Å². The van der Waals surface area contributed by atoms with E-state index < -0.39 is 10.0 Å². The highest BCUT2D eigenvalue weighted by atomic mass is 32.2. The third-order valence-electron chi connectivity index (χ3n) is 3.05. The quantitative estimate of drug-likeness (QED) is 0.762. The van der Waals surface area contributed by atoms with Crippen molar-refractivity contribution in [2.24, 2.45) is 0 Å². The molecule has 20 heavy (non-hydrogen) atoms. The van der Waals surface area contributed by atoms with E-state index in [2.05, 4.69) is 15.0 Å². The molecule has 0 fully saturated rings. The molecule has 0 spiro atoms. The van der Waals surface area contributed by atoms with E-state index >= 15 is 0 Å². The number of hydrogen-bond donors (Lipinski definition) is 3. The molecule has 0 aromatic carbocycles. The predicted octanol–water partition coefficient (Wildman–Crippen LogP) is 1.89. The summed E-state index contributed by atoms with van der Waals surface area (Å²) < 4.78 is 27.0. The third kappa shape index (κ3) is 3.49. The zero-order valence-electron chi connectivity index (χ0n) is 11.8. The van der Waals surface area contributed by atoms with Crippen LogP contribution in [0, 0.1) is 13.8 Å². The molecule has 2 aromatic rings. The average Bonchev–Trinajstić information content (AvgIpc) is 2.96. The molecular weight excluding hydrogens is 294 g/mol. The van der Waals surface area contributed by atoms with Gasteiger partial charge in [-0.05, 0) is 38.6 Å². The third-order valence-corrected chi connectivity index (χ3v) is 5.58. The molecule has 2 rings (SSSR count). The summed E-state index contributed by atoms with van der Waals surface area (Å²) in [6, 6.07) is 3.66. The summed E-state index contributed by atoms with van der Waals surface area (Å²) in [7, 11) is -1.65. The van der Waals surface area contributed by atoms with E-state index in [1.807, 2.05) is 27.0 Å². The topological polar surface area (TPSA) is 74.0 Å². The molecule has 2 aromatic heterocycles. The van der Waals surface area contributed by atoms with Crippen molar-refractivity contribution in [2.75, 3.05) is 7.05 Å². The zero-order chi connectivity index (χ0) is 14.8. The number of sulfonamides is 1. The maximum absolute atomic E-state index is 12.2. The Hall–Kier alpha value is -1.15. The van der Waals surface area contributed by atoms with Crippen molar-refractivity contribution in [2.45, 2.75) is 31.8 Å². The van der Waals surface area contributed by atoms with Crippen molar-refractivity contribution >= 4 is 21.4 Å². The van der Waals surface area contributed by atoms with Crippen LogP contribution >= 0.6 is 11.3 Å². The lowest BCUT2D eigenvalue weighted by molar-refractivity contribution is 0.582. The van der Waals surface area contributed by atoms with Crippen molar-refractivity contribution in [3.8, 4) is 0 Å². The summed E-state index contributed by atoms with van der Waals surface area (Å²) in [5, 5.41) is 2.97. The van der Waals surface area contributed by atoms with Gasteiger partial charge < -0.3 is 10.3 Å². The van der Waals surface area contributed by atoms with Crippen LogP contribution in [0.15, 0.2) is 23.2 Å². The predicted molar refractivity (Wildman–Crippen MR) is 81.4 cm³/mol. The van der Waals surface area contributed by atoms with Crippen molar-refractivity contribution in [1.82, 2.24) is 15.0 Å². The summed E-state index contributed by atoms with van der Waals surface area (Å²) in [5.74, 6) is 0. The van der Waals surface area contributed by atoms with E-state index in [9.17, 15) is 8.42 Å². The van der Waals surface area contributed by atoms with Crippen LogP contribution in [0.3, 0.4) is 0 Å². The van der Waals surface area contributed by atoms with E-state index in [0.29, 0.717) is 13.1 Å². The van der Waals surface area contributed by atoms with Gasteiger partial charge in [0.1, 0.15) is 0 Å². The maximum atomic E-state index is 12.2. The minimum absolute atomic E-state index is 0.271. The Morgan fingerprint density at radius 1 is 1.25 bits per heavy atom. The summed E-state index contributed by atoms with van der Waals surface area (Å²) in [4.78, 5) is 5.46. The first-order valence-electron chi connectivity index (χ1n) is 6.30. The van der Waals surface area contributed by atoms with Gasteiger partial charge in [-0.1, -0.05) is 0 Å². The normalized spacial score (nSPS) is 11.9. The highest BCUT2D eigenvalue weighted by Crippen LogP contribution is 2.21. The Kier molecular flexibility index (Phi) is 4.64. The second kappa shape index (κ2) is 6.09. The highest BCUT2D eigenvalue weighted by molar-refractivity contribution is 7.89. The molecule has 0 aliphatic rings. The molecule has 0 aliphatic carbocycles. The molecule has 3 N–H and O–H groups in total. The van der Waals surface area contributed by atoms with Gasteiger partial charge >= 0.3 is 0 Å². The van der Waals surface area contributed by atoms with E-state index in [1.165, 1.54) is 16.6 Å². The van der Waals surface area contributed by atoms with Crippen LogP contribution < -0.4 is 10.0 Å². The van der Waals surface area contributed by atoms with Gasteiger partial charge in [0.05, 0.1) is 4.90 Å². The Morgan fingerprint density at radius 3 is 2.60 bits per heavy atom. The number of aromatic nitrogens is 1. The number of H-pyrrole nitrogens is 1. The van der Waals surface area contributed by atoms with Crippen molar-refractivity contribution < 1.29 is 8.42 Å². The first-order chi connectivity index (χ1) is 9.42. The minimum atomic E-state index is -3.46. The molecule has 0 amide bonds. The van der Waals surface area contributed by atoms with Crippen LogP contribution in [-0.2, 0) is 23.1 Å². The SMILES string of the molecule is CNCc1cc(S(=O)(=O)NCc2cc(C)c(C)s2)c[nH]1. The van der Waals surface area contributed by atoms with Crippen LogP contribution in [0.2, 0.25) is 0 Å². The van der Waals surface area contributed by atoms with Gasteiger partial charge in [-0.2, -0.15) is 0 Å². The van der Waals surface area contributed by atoms with E-state index in [4.69, 9.17) is 0 Å². The Morgan fingerprint density at radius 2 is 2.00 bits per heavy atom. The fourth-order valence-electron chi connectivity index (χ4n) is 1.85. The molecule has 2 heterocycles. The highest BCUT2D eigenvalue weighted by Gasteiger charge is 2.16. The molecule has 0 bridgehead atoms. The van der Waals surface area contributed by atoms with Crippen molar-refractivity contribution in [3.05, 3.63) is 39.3 Å². The Labute approximate surface area is 123 Å². The summed E-state index contributed by atoms with van der Waals surface area (Å²) in [6.07, 6.45) is 1.51. The number of aromatic amines is 1. The van der Waals surface area contributed by atoms with Gasteiger partial charge in [0.2, 0.25) is 10.0 Å². The number of hydrogen-bond acceptors (Lipinski definition) is 4. The summed E-state index contributed by atoms with van der Waals surface area (Å²) in [6.45, 7) is 5.00. The minimum Gasteiger partial charge on any atom is -0.363 e. The van der Waals surface area contributed by atoms with E-state index in [-0.39, 0.29) is 4.90 Å². The second-order valence-corrected chi connectivity index (χ2v) is 7.78. The van der Waals surface area contributed by atoms with Crippen LogP contribution in [0.5, 0.6) is 0 Å². The fraction of sp³-hybridized carbons (Fsp3) is 0.385. The molecule has 0 unspecified atom stereocenters. The maximum Gasteiger partial charge on any atom is 0.242 e. The zero-order valence-corrected chi connectivity index (χ0v) is 13.4. The van der Waals surface area contributed by atoms with Gasteiger partial charge in [0.25, 0.3) is 0 Å². The monoisotopic (exact) mass is 313 g/mol. The Bertz CT molecular complexity index is 667. The Balaban J connectivity index is 2.06. The van der Waals surface area contributed by atoms with Crippen LogP contribution in [0.1, 0.15) is 21.0 Å². The van der Waals surface area contributed by atoms with Gasteiger partial charge in [-0.15, -0.1) is 11.3 Å². The fourth-order valence-corrected chi connectivity index (χ4v) is 3.96. The number of rotatable bonds is 6. The van der Waals surface area contributed by atoms with E-state index in [0.717, 1.165) is 10.6 Å². The molecule has 5 nitrogen and oxygen atoms in total. The second-order valence-electron chi connectivity index (χ2n) is 4.67. The molecular formula is C13H19N3O2S2. The van der Waals surface area contributed by atoms with Crippen molar-refractivity contribution in [3.63, 3.8) is 0 Å². The number of nitrogens with one attached hydrogen (secondary N) is 3. The van der Waals surface area contributed by atoms with Gasteiger partial charge in [-0.25, -0.2) is 13.1 Å². The molecule has 7 heteroatoms. The molecule has 0 saturated heterocycles. The smallest absolute Gasteiger partial charge is 0.242 e. The average molecular weight is 313 g/mol. The van der Waals surface area contributed by atoms with Crippen LogP contribution in [0.4, 0.5) is 0 Å². The standard InChI is InChI=1S/C13H19N3O2S2/c1-9-4-12(19-10(9)2)7-16-20(17,18)13-5-11(6-14-3)15-8-13/h4-5,8,14-16H,6-7H2,1-3H3. The first-order valence-corrected chi connectivity index (χ1v) is 8.60. The largest absolute Gasteiger partial charge is 0.363 e. The van der Waals surface area contributed by atoms with Gasteiger partial charge in [0, 0.05) is 34.7 Å². The lowest BCUT2D eigenvalue weighted by Crippen LogP contribution is -2.22. The molecule has 0 saturated carbocycles. The molecule has 0 radical (unpaired) electrons. The lowest BCUT2D eigenvalue weighted by Gasteiger charge is -2.02. The molecule has 0 atom stereocenters.